The van der Waals surface area contributed by atoms with E-state index in [1.807, 2.05) is 21.1 Å². The summed E-state index contributed by atoms with van der Waals surface area (Å²) in [6.45, 7) is 4.83. The van der Waals surface area contributed by atoms with Crippen LogP contribution in [0.1, 0.15) is 418 Å². The Balaban J connectivity index is 3.96. The van der Waals surface area contributed by atoms with Crippen molar-refractivity contribution in [1.29, 1.82) is 0 Å². The number of rotatable bonds is 82. The van der Waals surface area contributed by atoms with Crippen molar-refractivity contribution in [3.05, 3.63) is 97.2 Å². The molecule has 0 aliphatic rings. The predicted molar refractivity (Wildman–Crippen MR) is 442 cm³/mol. The van der Waals surface area contributed by atoms with E-state index in [2.05, 4.69) is 111 Å². The average molecular weight is 1430 g/mol. The summed E-state index contributed by atoms with van der Waals surface area (Å²) < 4.78 is 23.1. The minimum absolute atomic E-state index is 0.179. The Kier molecular flexibility index (Phi) is 79.8. The number of carbonyl (C=O) groups excluding carboxylic acids is 2. The van der Waals surface area contributed by atoms with Crippen molar-refractivity contribution in [2.24, 2.45) is 0 Å². The fourth-order valence-electron chi connectivity index (χ4n) is 13.0. The third-order valence-corrected chi connectivity index (χ3v) is 19.6. The summed E-state index contributed by atoms with van der Waals surface area (Å²) in [6, 6.07) is 0. The van der Waals surface area contributed by atoms with Gasteiger partial charge < -0.3 is 28.5 Å². The normalized spacial score (nSPS) is 13.1. The summed E-state index contributed by atoms with van der Waals surface area (Å²) in [7, 11) is 6.00. The molecule has 0 saturated heterocycles. The summed E-state index contributed by atoms with van der Waals surface area (Å²) in [5.74, 6) is -1.98. The number of esters is 2. The number of carbonyl (C=O) groups is 3. The zero-order valence-corrected chi connectivity index (χ0v) is 68.0. The van der Waals surface area contributed by atoms with Crippen molar-refractivity contribution in [1.82, 2.24) is 0 Å². The summed E-state index contributed by atoms with van der Waals surface area (Å²) in [5.41, 5.74) is 0. The number of unbranched alkanes of at least 4 members (excludes halogenated alkanes) is 51. The van der Waals surface area contributed by atoms with Crippen LogP contribution in [0, 0.1) is 0 Å². The molecule has 0 aromatic rings. The zero-order chi connectivity index (χ0) is 73.9. The second kappa shape index (κ2) is 82.9. The Morgan fingerprint density at radius 1 is 0.304 bits per heavy atom. The van der Waals surface area contributed by atoms with E-state index in [9.17, 15) is 19.5 Å². The van der Waals surface area contributed by atoms with Crippen LogP contribution in [0.3, 0.4) is 0 Å². The first-order chi connectivity index (χ1) is 50.1. The predicted octanol–water partition coefficient (Wildman–Crippen LogP) is 28.7. The van der Waals surface area contributed by atoms with Gasteiger partial charge in [0.15, 0.2) is 6.10 Å². The maximum absolute atomic E-state index is 13.0. The van der Waals surface area contributed by atoms with Crippen molar-refractivity contribution < 1.29 is 42.9 Å². The SMILES string of the molecule is CC/C=C\C/C=C\C/C=C\C/C=C\C/C=C\C/C=C\C/C=C\C/C=C\CCCCCCCCCCCCCCCCCCC(=O)OC(COC(=O)CCCCCCCCCCCCCCCCCCCCCCCCCCCCCCCCCCCCCC)COC(OCC[N+](C)(C)C)C(=O)O. The molecular weight excluding hydrogens is 1260 g/mol. The summed E-state index contributed by atoms with van der Waals surface area (Å²) >= 11 is 0. The Labute approximate surface area is 632 Å². The van der Waals surface area contributed by atoms with Crippen LogP contribution in [-0.4, -0.2) is 87.4 Å². The molecule has 0 aliphatic heterocycles. The number of allylic oxidation sites excluding steroid dienone is 16. The molecule has 9 nitrogen and oxygen atoms in total. The number of hydrogen-bond acceptors (Lipinski definition) is 7. The molecule has 2 atom stereocenters. The van der Waals surface area contributed by atoms with Gasteiger partial charge in [-0.25, -0.2) is 4.79 Å². The van der Waals surface area contributed by atoms with E-state index in [-0.39, 0.29) is 38.2 Å². The lowest BCUT2D eigenvalue weighted by Gasteiger charge is -2.25. The molecule has 1 N–H and O–H groups in total. The topological polar surface area (TPSA) is 108 Å². The lowest BCUT2D eigenvalue weighted by molar-refractivity contribution is -0.870. The molecule has 0 bridgehead atoms. The number of likely N-dealkylation sites (N-methyl/N-ethyl adjacent to an activating group) is 1. The first kappa shape index (κ1) is 98.2. The lowest BCUT2D eigenvalue weighted by Crippen LogP contribution is -2.40. The second-order valence-electron chi connectivity index (χ2n) is 30.8. The Hall–Kier alpha value is -3.79. The van der Waals surface area contributed by atoms with Gasteiger partial charge in [-0.3, -0.25) is 9.59 Å². The highest BCUT2D eigenvalue weighted by Gasteiger charge is 2.25. The average Bonchev–Trinajstić information content (AvgIpc) is 0.999. The van der Waals surface area contributed by atoms with Crippen LogP contribution in [0.4, 0.5) is 0 Å². The number of hydrogen-bond donors (Lipinski definition) is 1. The Morgan fingerprint density at radius 3 is 0.833 bits per heavy atom. The largest absolute Gasteiger partial charge is 0.477 e. The third-order valence-electron chi connectivity index (χ3n) is 19.6. The molecule has 0 heterocycles. The van der Waals surface area contributed by atoms with Crippen molar-refractivity contribution in [3.8, 4) is 0 Å². The van der Waals surface area contributed by atoms with Crippen LogP contribution < -0.4 is 0 Å². The van der Waals surface area contributed by atoms with Crippen LogP contribution in [0.25, 0.3) is 0 Å². The van der Waals surface area contributed by atoms with Gasteiger partial charge in [-0.15, -0.1) is 0 Å². The van der Waals surface area contributed by atoms with Gasteiger partial charge in [0.05, 0.1) is 34.4 Å². The first-order valence-corrected chi connectivity index (χ1v) is 43.9. The molecule has 0 fully saturated rings. The highest BCUT2D eigenvalue weighted by molar-refractivity contribution is 5.71. The molecule has 0 radical (unpaired) electrons. The fraction of sp³-hybridized carbons (Fsp3) is 0.796. The quantitative estimate of drug-likeness (QED) is 0.0211. The number of quaternary nitrogens is 1. The Bertz CT molecular complexity index is 2010. The highest BCUT2D eigenvalue weighted by Crippen LogP contribution is 2.20. The summed E-state index contributed by atoms with van der Waals surface area (Å²) in [5, 5.41) is 9.79. The molecule has 0 amide bonds. The van der Waals surface area contributed by atoms with Crippen molar-refractivity contribution in [3.63, 3.8) is 0 Å². The second-order valence-corrected chi connectivity index (χ2v) is 30.8. The monoisotopic (exact) mass is 1430 g/mol. The number of ether oxygens (including phenoxy) is 4. The van der Waals surface area contributed by atoms with E-state index in [1.54, 1.807) is 0 Å². The maximum atomic E-state index is 13.0. The van der Waals surface area contributed by atoms with Gasteiger partial charge in [0.1, 0.15) is 13.2 Å². The van der Waals surface area contributed by atoms with Crippen LogP contribution in [-0.2, 0) is 33.3 Å². The van der Waals surface area contributed by atoms with Gasteiger partial charge in [0, 0.05) is 12.8 Å². The number of carboxylic acid groups (broad SMARTS) is 1. The van der Waals surface area contributed by atoms with Crippen LogP contribution in [0.15, 0.2) is 97.2 Å². The minimum atomic E-state index is -1.51. The van der Waals surface area contributed by atoms with E-state index < -0.39 is 18.4 Å². The number of nitrogens with zero attached hydrogens (tertiary/aromatic N) is 1. The van der Waals surface area contributed by atoms with Crippen molar-refractivity contribution >= 4 is 17.9 Å². The molecule has 0 aromatic carbocycles. The van der Waals surface area contributed by atoms with E-state index in [1.165, 1.54) is 302 Å². The molecule has 0 saturated carbocycles. The Morgan fingerprint density at radius 2 is 0.559 bits per heavy atom. The van der Waals surface area contributed by atoms with Crippen molar-refractivity contribution in [2.45, 2.75) is 431 Å². The van der Waals surface area contributed by atoms with E-state index in [4.69, 9.17) is 18.9 Å². The molecule has 0 aromatic heterocycles. The molecule has 0 aliphatic carbocycles. The molecule has 9 heteroatoms. The van der Waals surface area contributed by atoms with Gasteiger partial charge in [-0.05, 0) is 77.0 Å². The van der Waals surface area contributed by atoms with Crippen LogP contribution >= 0.6 is 0 Å². The van der Waals surface area contributed by atoms with Gasteiger partial charge in [0.25, 0.3) is 6.29 Å². The third kappa shape index (κ3) is 83.5. The van der Waals surface area contributed by atoms with Gasteiger partial charge in [0.2, 0.25) is 0 Å². The first-order valence-electron chi connectivity index (χ1n) is 43.9. The van der Waals surface area contributed by atoms with E-state index in [0.717, 1.165) is 89.9 Å². The van der Waals surface area contributed by atoms with Crippen LogP contribution in [0.5, 0.6) is 0 Å². The smallest absolute Gasteiger partial charge is 0.361 e. The lowest BCUT2D eigenvalue weighted by atomic mass is 10.0. The number of aliphatic carboxylic acids is 1. The molecular formula is C93H168NO8+. The summed E-state index contributed by atoms with van der Waals surface area (Å²) in [6.07, 6.45) is 113. The number of carboxylic acids is 1. The maximum Gasteiger partial charge on any atom is 0.361 e. The molecule has 0 rings (SSSR count). The van der Waals surface area contributed by atoms with Gasteiger partial charge in [-0.1, -0.05) is 426 Å². The molecule has 102 heavy (non-hydrogen) atoms. The highest BCUT2D eigenvalue weighted by atomic mass is 16.7. The van der Waals surface area contributed by atoms with Crippen molar-refractivity contribution in [2.75, 3.05) is 47.5 Å². The molecule has 0 spiro atoms. The standard InChI is InChI=1S/C93H167NO8/c1-6-8-10-12-14-16-18-20-22-24-26-28-30-32-34-36-38-40-42-44-45-46-47-48-50-52-54-56-58-60-62-64-66-68-70-72-74-76-78-80-82-84-91(96)102-89(88-101-93(92(97)98)99-86-85-94(3,4)5)87-100-90(95)83-81-79-77-75-73-71-69-67-65-63-61-59-57-55-53-51-49-43-41-39-37-35-33-31-29-27-25-23-21-19-17-15-13-11-9-7-2/h8,10,14,16,20,22,26,28,32,34,38,40,44-45,47-48,89,93H,6-7,9,11-13,15,17-19,21,23-25,27,29-31,33,35-37,39,41-43,46,49-88H2,1-5H3/p+1/b10-8-,16-14-,22-20-,28-26-,34-32-,40-38-,45-44-,48-47-. The van der Waals surface area contributed by atoms with E-state index >= 15 is 0 Å². The zero-order valence-electron chi connectivity index (χ0n) is 68.0. The minimum Gasteiger partial charge on any atom is -0.477 e. The summed E-state index contributed by atoms with van der Waals surface area (Å²) in [4.78, 5) is 37.8. The van der Waals surface area contributed by atoms with Gasteiger partial charge in [-0.2, -0.15) is 0 Å². The van der Waals surface area contributed by atoms with Gasteiger partial charge >= 0.3 is 17.9 Å². The molecule has 592 valence electrons. The fourth-order valence-corrected chi connectivity index (χ4v) is 13.0. The van der Waals surface area contributed by atoms with Crippen LogP contribution in [0.2, 0.25) is 0 Å². The van der Waals surface area contributed by atoms with E-state index in [0.29, 0.717) is 17.4 Å². The molecule has 2 unspecified atom stereocenters.